The zero-order valence-electron chi connectivity index (χ0n) is 11.5. The van der Waals surface area contributed by atoms with E-state index < -0.39 is 11.7 Å². The molecule has 1 heterocycles. The highest BCUT2D eigenvalue weighted by Gasteiger charge is 2.33. The molecule has 1 fully saturated rings. The monoisotopic (exact) mass is 322 g/mol. The van der Waals surface area contributed by atoms with E-state index in [1.807, 2.05) is 0 Å². The zero-order valence-corrected chi connectivity index (χ0v) is 12.3. The first-order valence-electron chi connectivity index (χ1n) is 6.94. The maximum Gasteiger partial charge on any atom is 0.417 e. The third kappa shape index (κ3) is 4.01. The highest BCUT2D eigenvalue weighted by Crippen LogP contribution is 2.37. The summed E-state index contributed by atoms with van der Waals surface area (Å²) in [6.45, 7) is 0.514. The third-order valence-electron chi connectivity index (χ3n) is 4.05. The molecule has 1 aliphatic rings. The fraction of sp³-hybridized carbons (Fsp3) is 0.643. The van der Waals surface area contributed by atoms with Crippen molar-refractivity contribution in [1.29, 1.82) is 0 Å². The summed E-state index contributed by atoms with van der Waals surface area (Å²) in [6, 6.07) is 0.864. The predicted octanol–water partition coefficient (Wildman–Crippen LogP) is 4.11. The van der Waals surface area contributed by atoms with Crippen LogP contribution in [0.15, 0.2) is 12.3 Å². The van der Waals surface area contributed by atoms with Crippen molar-refractivity contribution < 1.29 is 18.3 Å². The van der Waals surface area contributed by atoms with Gasteiger partial charge in [-0.15, -0.1) is 0 Å². The summed E-state index contributed by atoms with van der Waals surface area (Å²) in [6.07, 6.45) is 1.36. The van der Waals surface area contributed by atoms with E-state index in [0.29, 0.717) is 6.54 Å². The minimum absolute atomic E-state index is 0.0538. The first-order valence-corrected chi connectivity index (χ1v) is 7.32. The van der Waals surface area contributed by atoms with Crippen molar-refractivity contribution in [1.82, 2.24) is 4.98 Å². The molecule has 7 heteroatoms. The molecule has 0 bridgehead atoms. The van der Waals surface area contributed by atoms with Crippen molar-refractivity contribution in [3.05, 3.63) is 22.8 Å². The van der Waals surface area contributed by atoms with Gasteiger partial charge in [0.15, 0.2) is 0 Å². The summed E-state index contributed by atoms with van der Waals surface area (Å²) in [7, 11) is 0. The predicted molar refractivity (Wildman–Crippen MR) is 75.3 cm³/mol. The van der Waals surface area contributed by atoms with E-state index in [1.165, 1.54) is 0 Å². The number of hydrogen-bond acceptors (Lipinski definition) is 3. The Labute approximate surface area is 126 Å². The van der Waals surface area contributed by atoms with Gasteiger partial charge in [0.1, 0.15) is 5.82 Å². The minimum atomic E-state index is -4.45. The van der Waals surface area contributed by atoms with E-state index in [0.717, 1.165) is 44.4 Å². The molecule has 21 heavy (non-hydrogen) atoms. The summed E-state index contributed by atoms with van der Waals surface area (Å²) in [5.74, 6) is 0.225. The van der Waals surface area contributed by atoms with Crippen LogP contribution in [0.3, 0.4) is 0 Å². The first kappa shape index (κ1) is 16.4. The van der Waals surface area contributed by atoms with Crippen molar-refractivity contribution in [2.75, 3.05) is 18.5 Å². The third-order valence-corrected chi connectivity index (χ3v) is 4.34. The number of aliphatic hydroxyl groups excluding tert-OH is 1. The Morgan fingerprint density at radius 3 is 2.48 bits per heavy atom. The van der Waals surface area contributed by atoms with Gasteiger partial charge in [-0.05, 0) is 18.9 Å². The number of aliphatic hydroxyl groups is 1. The Kier molecular flexibility index (Phi) is 4.99. The average Bonchev–Trinajstić information content (AvgIpc) is 2.46. The summed E-state index contributed by atoms with van der Waals surface area (Å²) < 4.78 is 37.6. The van der Waals surface area contributed by atoms with Crippen LogP contribution < -0.4 is 5.32 Å². The van der Waals surface area contributed by atoms with Gasteiger partial charge in [0.05, 0.1) is 17.2 Å². The van der Waals surface area contributed by atoms with E-state index in [1.54, 1.807) is 0 Å². The second-order valence-electron chi connectivity index (χ2n) is 5.62. The molecule has 0 unspecified atom stereocenters. The van der Waals surface area contributed by atoms with Gasteiger partial charge in [0.25, 0.3) is 0 Å². The van der Waals surface area contributed by atoms with Gasteiger partial charge in [-0.3, -0.25) is 0 Å². The number of aromatic nitrogens is 1. The zero-order chi connectivity index (χ0) is 15.5. The van der Waals surface area contributed by atoms with Crippen molar-refractivity contribution in [3.63, 3.8) is 0 Å². The van der Waals surface area contributed by atoms with Crippen LogP contribution in [-0.4, -0.2) is 23.2 Å². The summed E-state index contributed by atoms with van der Waals surface area (Å²) in [4.78, 5) is 3.75. The molecule has 0 aromatic carbocycles. The van der Waals surface area contributed by atoms with Crippen molar-refractivity contribution >= 4 is 17.4 Å². The Morgan fingerprint density at radius 1 is 1.29 bits per heavy atom. The Bertz CT molecular complexity index is 488. The number of nitrogens with one attached hydrogen (secondary N) is 1. The maximum atomic E-state index is 12.5. The largest absolute Gasteiger partial charge is 0.417 e. The summed E-state index contributed by atoms with van der Waals surface area (Å²) >= 11 is 5.85. The summed E-state index contributed by atoms with van der Waals surface area (Å²) in [5.41, 5.74) is -1.10. The van der Waals surface area contributed by atoms with E-state index in [-0.39, 0.29) is 22.9 Å². The van der Waals surface area contributed by atoms with Crippen molar-refractivity contribution in [3.8, 4) is 0 Å². The SMILES string of the molecule is OCC1(CNc2ncc(C(F)(F)F)cc2Cl)CCCCC1. The Morgan fingerprint density at radius 2 is 1.95 bits per heavy atom. The normalized spacial score (nSPS) is 18.5. The highest BCUT2D eigenvalue weighted by molar-refractivity contribution is 6.32. The molecule has 0 aliphatic heterocycles. The second-order valence-corrected chi connectivity index (χ2v) is 6.03. The van der Waals surface area contributed by atoms with Crippen molar-refractivity contribution in [2.45, 2.75) is 38.3 Å². The molecule has 0 atom stereocenters. The standard InChI is InChI=1S/C14H18ClF3N2O/c15-11-6-10(14(16,17)18)7-19-12(11)20-8-13(9-21)4-2-1-3-5-13/h6-7,21H,1-5,8-9H2,(H,19,20). The van der Waals surface area contributed by atoms with Crippen LogP contribution in [0.5, 0.6) is 0 Å². The highest BCUT2D eigenvalue weighted by atomic mass is 35.5. The van der Waals surface area contributed by atoms with E-state index in [2.05, 4.69) is 10.3 Å². The van der Waals surface area contributed by atoms with Gasteiger partial charge in [-0.25, -0.2) is 4.98 Å². The van der Waals surface area contributed by atoms with Crippen LogP contribution in [0, 0.1) is 5.41 Å². The number of anilines is 1. The number of rotatable bonds is 4. The molecule has 0 saturated heterocycles. The molecule has 0 radical (unpaired) electrons. The van der Waals surface area contributed by atoms with Gasteiger partial charge < -0.3 is 10.4 Å². The molecule has 1 aliphatic carbocycles. The van der Waals surface area contributed by atoms with Gasteiger partial charge in [0.2, 0.25) is 0 Å². The fourth-order valence-electron chi connectivity index (χ4n) is 2.69. The Hall–Kier alpha value is -1.01. The van der Waals surface area contributed by atoms with Crippen LogP contribution in [0.2, 0.25) is 5.02 Å². The Balaban J connectivity index is 2.06. The van der Waals surface area contributed by atoms with Crippen LogP contribution in [0.1, 0.15) is 37.7 Å². The van der Waals surface area contributed by atoms with Crippen LogP contribution in [0.25, 0.3) is 0 Å². The first-order chi connectivity index (χ1) is 9.86. The fourth-order valence-corrected chi connectivity index (χ4v) is 2.92. The molecule has 1 aromatic heterocycles. The van der Waals surface area contributed by atoms with Crippen LogP contribution in [0.4, 0.5) is 19.0 Å². The lowest BCUT2D eigenvalue weighted by Crippen LogP contribution is -2.35. The molecule has 118 valence electrons. The molecule has 1 saturated carbocycles. The number of halogens is 4. The lowest BCUT2D eigenvalue weighted by Gasteiger charge is -2.35. The average molecular weight is 323 g/mol. The van der Waals surface area contributed by atoms with E-state index in [9.17, 15) is 18.3 Å². The van der Waals surface area contributed by atoms with E-state index in [4.69, 9.17) is 11.6 Å². The topological polar surface area (TPSA) is 45.1 Å². The molecular formula is C14H18ClF3N2O. The van der Waals surface area contributed by atoms with Gasteiger partial charge in [-0.2, -0.15) is 13.2 Å². The number of hydrogen-bond donors (Lipinski definition) is 2. The maximum absolute atomic E-state index is 12.5. The molecule has 0 spiro atoms. The van der Waals surface area contributed by atoms with Crippen LogP contribution in [-0.2, 0) is 6.18 Å². The van der Waals surface area contributed by atoms with E-state index >= 15 is 0 Å². The number of alkyl halides is 3. The quantitative estimate of drug-likeness (QED) is 0.877. The van der Waals surface area contributed by atoms with Crippen LogP contribution >= 0.6 is 11.6 Å². The molecule has 2 N–H and O–H groups in total. The minimum Gasteiger partial charge on any atom is -0.396 e. The molecule has 3 nitrogen and oxygen atoms in total. The summed E-state index contributed by atoms with van der Waals surface area (Å²) in [5, 5.41) is 12.5. The lowest BCUT2D eigenvalue weighted by molar-refractivity contribution is -0.137. The van der Waals surface area contributed by atoms with Gasteiger partial charge >= 0.3 is 6.18 Å². The van der Waals surface area contributed by atoms with Crippen molar-refractivity contribution in [2.24, 2.45) is 5.41 Å². The lowest BCUT2D eigenvalue weighted by atomic mass is 9.74. The van der Waals surface area contributed by atoms with Gasteiger partial charge in [0, 0.05) is 18.2 Å². The van der Waals surface area contributed by atoms with Gasteiger partial charge in [-0.1, -0.05) is 30.9 Å². The molecular weight excluding hydrogens is 305 g/mol. The smallest absolute Gasteiger partial charge is 0.396 e. The number of nitrogens with zero attached hydrogens (tertiary/aromatic N) is 1. The number of pyridine rings is 1. The molecule has 1 aromatic rings. The molecule has 2 rings (SSSR count). The molecule has 0 amide bonds. The second kappa shape index (κ2) is 6.40.